The Bertz CT molecular complexity index is 880. The molecule has 0 bridgehead atoms. The maximum absolute atomic E-state index is 10.5. The zero-order chi connectivity index (χ0) is 19.2. The van der Waals surface area contributed by atoms with E-state index in [0.717, 1.165) is 17.7 Å². The van der Waals surface area contributed by atoms with Gasteiger partial charge in [-0.15, -0.1) is 0 Å². The fourth-order valence-electron chi connectivity index (χ4n) is 3.38. The van der Waals surface area contributed by atoms with E-state index in [1.807, 2.05) is 54.6 Å². The van der Waals surface area contributed by atoms with E-state index in [-0.39, 0.29) is 11.8 Å². The molecule has 0 saturated carbocycles. The lowest BCUT2D eigenvalue weighted by molar-refractivity contribution is 0.264. The Morgan fingerprint density at radius 1 is 0.852 bits per heavy atom. The molecule has 0 saturated heterocycles. The van der Waals surface area contributed by atoms with Crippen LogP contribution in [0.3, 0.4) is 0 Å². The molecule has 27 heavy (non-hydrogen) atoms. The van der Waals surface area contributed by atoms with Gasteiger partial charge in [-0.3, -0.25) is 4.90 Å². The van der Waals surface area contributed by atoms with Crippen molar-refractivity contribution in [3.8, 4) is 17.2 Å². The monoisotopic (exact) mass is 363 g/mol. The van der Waals surface area contributed by atoms with Gasteiger partial charge in [0.05, 0.1) is 20.3 Å². The van der Waals surface area contributed by atoms with Crippen LogP contribution in [0.5, 0.6) is 17.2 Å². The molecule has 3 aromatic carbocycles. The highest BCUT2D eigenvalue weighted by Crippen LogP contribution is 2.38. The molecule has 0 amide bonds. The highest BCUT2D eigenvalue weighted by atomic mass is 16.5. The lowest BCUT2D eigenvalue weighted by Crippen LogP contribution is -2.25. The highest BCUT2D eigenvalue weighted by Gasteiger charge is 2.23. The first-order valence-corrected chi connectivity index (χ1v) is 8.88. The topological polar surface area (TPSA) is 41.9 Å². The summed E-state index contributed by atoms with van der Waals surface area (Å²) < 4.78 is 10.9. The number of phenols is 1. The molecular formula is C23H25NO3. The van der Waals surface area contributed by atoms with Crippen molar-refractivity contribution in [2.24, 2.45) is 0 Å². The van der Waals surface area contributed by atoms with Crippen molar-refractivity contribution < 1.29 is 14.6 Å². The van der Waals surface area contributed by atoms with Gasteiger partial charge >= 0.3 is 0 Å². The van der Waals surface area contributed by atoms with E-state index in [4.69, 9.17) is 9.47 Å². The number of phenolic OH excluding ortho intramolecular Hbond substituents is 1. The second-order valence-corrected chi connectivity index (χ2v) is 6.48. The number of rotatable bonds is 7. The molecule has 0 heterocycles. The second-order valence-electron chi connectivity index (χ2n) is 6.48. The minimum absolute atomic E-state index is 0.133. The molecule has 1 unspecified atom stereocenters. The molecule has 0 aliphatic rings. The molecule has 0 fully saturated rings. The van der Waals surface area contributed by atoms with Crippen molar-refractivity contribution >= 4 is 0 Å². The van der Waals surface area contributed by atoms with Gasteiger partial charge in [-0.2, -0.15) is 0 Å². The minimum atomic E-state index is -0.133. The minimum Gasteiger partial charge on any atom is -0.508 e. The quantitative estimate of drug-likeness (QED) is 0.664. The smallest absolute Gasteiger partial charge is 0.161 e. The standard InChI is InChI=1S/C23H25NO3/c1-24(16-17-9-5-4-6-10-17)23(19-11-7-8-12-20(19)25)18-13-14-21(26-2)22(15-18)27-3/h4-15,23,25H,16H2,1-3H3. The van der Waals surface area contributed by atoms with Gasteiger partial charge in [-0.25, -0.2) is 0 Å². The van der Waals surface area contributed by atoms with E-state index in [2.05, 4.69) is 24.1 Å². The molecule has 0 aromatic heterocycles. The van der Waals surface area contributed by atoms with Crippen LogP contribution in [0.4, 0.5) is 0 Å². The normalized spacial score (nSPS) is 12.0. The van der Waals surface area contributed by atoms with Crippen molar-refractivity contribution in [3.05, 3.63) is 89.5 Å². The summed E-state index contributed by atoms with van der Waals surface area (Å²) in [5, 5.41) is 10.5. The summed E-state index contributed by atoms with van der Waals surface area (Å²) in [5.74, 6) is 1.63. The summed E-state index contributed by atoms with van der Waals surface area (Å²) in [7, 11) is 5.31. The molecule has 0 aliphatic carbocycles. The Kier molecular flexibility index (Phi) is 5.99. The van der Waals surface area contributed by atoms with Crippen molar-refractivity contribution in [2.75, 3.05) is 21.3 Å². The van der Waals surface area contributed by atoms with Crippen LogP contribution in [-0.4, -0.2) is 31.3 Å². The van der Waals surface area contributed by atoms with E-state index < -0.39 is 0 Å². The highest BCUT2D eigenvalue weighted by molar-refractivity contribution is 5.48. The van der Waals surface area contributed by atoms with E-state index >= 15 is 0 Å². The average Bonchev–Trinajstić information content (AvgIpc) is 2.70. The zero-order valence-electron chi connectivity index (χ0n) is 15.9. The Balaban J connectivity index is 2.04. The molecule has 0 aliphatic heterocycles. The first-order valence-electron chi connectivity index (χ1n) is 8.88. The fraction of sp³-hybridized carbons (Fsp3) is 0.217. The number of hydrogen-bond donors (Lipinski definition) is 1. The molecule has 1 atom stereocenters. The van der Waals surface area contributed by atoms with Gasteiger partial charge in [0.15, 0.2) is 11.5 Å². The van der Waals surface area contributed by atoms with Crippen LogP contribution in [0, 0.1) is 0 Å². The van der Waals surface area contributed by atoms with E-state index in [1.165, 1.54) is 5.56 Å². The Morgan fingerprint density at radius 2 is 1.52 bits per heavy atom. The summed E-state index contributed by atoms with van der Waals surface area (Å²) >= 11 is 0. The van der Waals surface area contributed by atoms with Crippen molar-refractivity contribution in [1.29, 1.82) is 0 Å². The Labute approximate surface area is 160 Å². The predicted molar refractivity (Wildman–Crippen MR) is 107 cm³/mol. The number of methoxy groups -OCH3 is 2. The molecule has 4 nitrogen and oxygen atoms in total. The largest absolute Gasteiger partial charge is 0.508 e. The molecule has 0 spiro atoms. The summed E-state index contributed by atoms with van der Waals surface area (Å²) in [5.41, 5.74) is 3.08. The van der Waals surface area contributed by atoms with E-state index in [1.54, 1.807) is 20.3 Å². The molecule has 4 heteroatoms. The molecule has 3 aromatic rings. The Hall–Kier alpha value is -2.98. The van der Waals surface area contributed by atoms with E-state index in [0.29, 0.717) is 11.5 Å². The summed E-state index contributed by atoms with van der Waals surface area (Å²) in [6.07, 6.45) is 0. The van der Waals surface area contributed by atoms with Gasteiger partial charge in [0.1, 0.15) is 5.75 Å². The zero-order valence-corrected chi connectivity index (χ0v) is 15.9. The average molecular weight is 363 g/mol. The van der Waals surface area contributed by atoms with Crippen LogP contribution in [0.15, 0.2) is 72.8 Å². The van der Waals surface area contributed by atoms with Crippen LogP contribution < -0.4 is 9.47 Å². The Morgan fingerprint density at radius 3 is 2.19 bits per heavy atom. The summed E-state index contributed by atoms with van der Waals surface area (Å²) in [6.45, 7) is 0.744. The lowest BCUT2D eigenvalue weighted by Gasteiger charge is -2.30. The fourth-order valence-corrected chi connectivity index (χ4v) is 3.38. The number of hydrogen-bond acceptors (Lipinski definition) is 4. The third kappa shape index (κ3) is 4.23. The van der Waals surface area contributed by atoms with Gasteiger partial charge in [-0.1, -0.05) is 54.6 Å². The summed E-state index contributed by atoms with van der Waals surface area (Å²) in [4.78, 5) is 2.21. The van der Waals surface area contributed by atoms with Gasteiger partial charge in [0, 0.05) is 12.1 Å². The number of nitrogens with zero attached hydrogens (tertiary/aromatic N) is 1. The first kappa shape index (κ1) is 18.8. The maximum atomic E-state index is 10.5. The predicted octanol–water partition coefficient (Wildman–Crippen LogP) is 4.63. The van der Waals surface area contributed by atoms with Crippen molar-refractivity contribution in [1.82, 2.24) is 4.90 Å². The third-order valence-electron chi connectivity index (χ3n) is 4.67. The number of para-hydroxylation sites is 1. The van der Waals surface area contributed by atoms with Crippen LogP contribution in [0.1, 0.15) is 22.7 Å². The molecule has 0 radical (unpaired) electrons. The maximum Gasteiger partial charge on any atom is 0.161 e. The van der Waals surface area contributed by atoms with Crippen LogP contribution in [0.2, 0.25) is 0 Å². The molecule has 1 N–H and O–H groups in total. The van der Waals surface area contributed by atoms with Crippen molar-refractivity contribution in [2.45, 2.75) is 12.6 Å². The van der Waals surface area contributed by atoms with E-state index in [9.17, 15) is 5.11 Å². The van der Waals surface area contributed by atoms with Gasteiger partial charge in [0.2, 0.25) is 0 Å². The van der Waals surface area contributed by atoms with Gasteiger partial charge < -0.3 is 14.6 Å². The van der Waals surface area contributed by atoms with Crippen LogP contribution >= 0.6 is 0 Å². The molecule has 140 valence electrons. The number of benzene rings is 3. The second kappa shape index (κ2) is 8.60. The third-order valence-corrected chi connectivity index (χ3v) is 4.67. The van der Waals surface area contributed by atoms with Crippen LogP contribution in [-0.2, 0) is 6.54 Å². The number of ether oxygens (including phenoxy) is 2. The van der Waals surface area contributed by atoms with Crippen LogP contribution in [0.25, 0.3) is 0 Å². The van der Waals surface area contributed by atoms with Gasteiger partial charge in [0.25, 0.3) is 0 Å². The number of aromatic hydroxyl groups is 1. The molecular weight excluding hydrogens is 338 g/mol. The van der Waals surface area contributed by atoms with Gasteiger partial charge in [-0.05, 0) is 36.4 Å². The SMILES string of the molecule is COc1ccc(C(c2ccccc2O)N(C)Cc2ccccc2)cc1OC. The molecule has 3 rings (SSSR count). The lowest BCUT2D eigenvalue weighted by atomic mass is 9.95. The van der Waals surface area contributed by atoms with Crippen molar-refractivity contribution in [3.63, 3.8) is 0 Å². The first-order chi connectivity index (χ1) is 13.1. The summed E-state index contributed by atoms with van der Waals surface area (Å²) in [6, 6.07) is 23.5.